The van der Waals surface area contributed by atoms with Crippen LogP contribution < -0.4 is 10.6 Å². The van der Waals surface area contributed by atoms with Gasteiger partial charge in [-0.05, 0) is 26.3 Å². The molecule has 0 saturated carbocycles. The Morgan fingerprint density at radius 3 is 2.36 bits per heavy atom. The predicted molar refractivity (Wildman–Crippen MR) is 83.3 cm³/mol. The number of amides is 1. The number of hydrogen-bond acceptors (Lipinski definition) is 5. The van der Waals surface area contributed by atoms with Gasteiger partial charge < -0.3 is 20.1 Å². The number of carbonyl (C=O) groups is 2. The standard InChI is InChI=1S/C16H24N2O4/c1-16(2,3)22-15(20)18-13(14(19)21-4)11-17-10-12-8-6-5-7-9-12/h5-9,13,17H,10-11H2,1-4H3,(H,18,20)/t13-/m0/s1. The number of rotatable bonds is 6. The molecule has 0 spiro atoms. The van der Waals surface area contributed by atoms with Gasteiger partial charge in [0.1, 0.15) is 11.6 Å². The number of ether oxygens (including phenoxy) is 2. The number of methoxy groups -OCH3 is 1. The number of carbonyl (C=O) groups excluding carboxylic acids is 2. The first-order valence-electron chi connectivity index (χ1n) is 7.14. The van der Waals surface area contributed by atoms with E-state index in [1.165, 1.54) is 7.11 Å². The normalized spacial score (nSPS) is 12.4. The second-order valence-corrected chi connectivity index (χ2v) is 5.84. The summed E-state index contributed by atoms with van der Waals surface area (Å²) in [5, 5.41) is 5.63. The first-order chi connectivity index (χ1) is 10.3. The summed E-state index contributed by atoms with van der Waals surface area (Å²) in [6.07, 6.45) is -0.649. The van der Waals surface area contributed by atoms with Crippen LogP contribution in [0.2, 0.25) is 0 Å². The third-order valence-electron chi connectivity index (χ3n) is 2.70. The van der Waals surface area contributed by atoms with Crippen LogP contribution in [-0.4, -0.2) is 37.4 Å². The highest BCUT2D eigenvalue weighted by molar-refractivity contribution is 5.81. The van der Waals surface area contributed by atoms with E-state index in [2.05, 4.69) is 10.6 Å². The van der Waals surface area contributed by atoms with Gasteiger partial charge in [0.2, 0.25) is 0 Å². The SMILES string of the molecule is COC(=O)[C@H](CNCc1ccccc1)NC(=O)OC(C)(C)C. The lowest BCUT2D eigenvalue weighted by Crippen LogP contribution is -2.49. The summed E-state index contributed by atoms with van der Waals surface area (Å²) in [5.41, 5.74) is 0.464. The first-order valence-corrected chi connectivity index (χ1v) is 7.14. The number of benzene rings is 1. The topological polar surface area (TPSA) is 76.7 Å². The van der Waals surface area contributed by atoms with Crippen LogP contribution in [0.15, 0.2) is 30.3 Å². The summed E-state index contributed by atoms with van der Waals surface area (Å²) in [6.45, 7) is 6.11. The van der Waals surface area contributed by atoms with E-state index in [1.807, 2.05) is 30.3 Å². The molecule has 1 amide bonds. The van der Waals surface area contributed by atoms with E-state index in [1.54, 1.807) is 20.8 Å². The summed E-state index contributed by atoms with van der Waals surface area (Å²) >= 11 is 0. The van der Waals surface area contributed by atoms with E-state index in [0.29, 0.717) is 6.54 Å². The molecule has 0 aliphatic rings. The van der Waals surface area contributed by atoms with Crippen LogP contribution in [-0.2, 0) is 20.8 Å². The smallest absolute Gasteiger partial charge is 0.408 e. The molecule has 1 atom stereocenters. The Bertz CT molecular complexity index is 483. The van der Waals surface area contributed by atoms with Crippen molar-refractivity contribution in [3.8, 4) is 0 Å². The number of hydrogen-bond donors (Lipinski definition) is 2. The number of alkyl carbamates (subject to hydrolysis) is 1. The summed E-state index contributed by atoms with van der Waals surface area (Å²) in [6, 6.07) is 8.96. The maximum atomic E-state index is 11.8. The van der Waals surface area contributed by atoms with E-state index < -0.39 is 23.7 Å². The monoisotopic (exact) mass is 308 g/mol. The number of nitrogens with one attached hydrogen (secondary N) is 2. The fraction of sp³-hybridized carbons (Fsp3) is 0.500. The van der Waals surface area contributed by atoms with E-state index in [-0.39, 0.29) is 6.54 Å². The minimum Gasteiger partial charge on any atom is -0.467 e. The highest BCUT2D eigenvalue weighted by Gasteiger charge is 2.24. The average Bonchev–Trinajstić information content (AvgIpc) is 2.44. The summed E-state index contributed by atoms with van der Waals surface area (Å²) in [4.78, 5) is 23.5. The third-order valence-corrected chi connectivity index (χ3v) is 2.70. The molecule has 1 aromatic carbocycles. The van der Waals surface area contributed by atoms with Crippen LogP contribution in [0.1, 0.15) is 26.3 Å². The quantitative estimate of drug-likeness (QED) is 0.784. The molecular formula is C16H24N2O4. The second kappa shape index (κ2) is 8.38. The van der Waals surface area contributed by atoms with Gasteiger partial charge in [-0.25, -0.2) is 9.59 Å². The average molecular weight is 308 g/mol. The van der Waals surface area contributed by atoms with E-state index in [4.69, 9.17) is 9.47 Å². The molecule has 0 bridgehead atoms. The zero-order chi connectivity index (χ0) is 16.6. The van der Waals surface area contributed by atoms with Crippen molar-refractivity contribution in [2.75, 3.05) is 13.7 Å². The molecule has 0 radical (unpaired) electrons. The molecule has 1 rings (SSSR count). The fourth-order valence-electron chi connectivity index (χ4n) is 1.74. The molecule has 2 N–H and O–H groups in total. The molecule has 6 heteroatoms. The molecular weight excluding hydrogens is 284 g/mol. The van der Waals surface area contributed by atoms with Crippen molar-refractivity contribution < 1.29 is 19.1 Å². The van der Waals surface area contributed by atoms with Gasteiger partial charge in [0, 0.05) is 13.1 Å². The zero-order valence-electron chi connectivity index (χ0n) is 13.5. The molecule has 0 saturated heterocycles. The molecule has 0 heterocycles. The lowest BCUT2D eigenvalue weighted by Gasteiger charge is -2.22. The Balaban J connectivity index is 2.50. The molecule has 0 aliphatic heterocycles. The van der Waals surface area contributed by atoms with Crippen molar-refractivity contribution in [3.05, 3.63) is 35.9 Å². The van der Waals surface area contributed by atoms with Crippen molar-refractivity contribution in [2.45, 2.75) is 39.0 Å². The van der Waals surface area contributed by atoms with E-state index in [0.717, 1.165) is 5.56 Å². The van der Waals surface area contributed by atoms with Crippen molar-refractivity contribution in [3.63, 3.8) is 0 Å². The van der Waals surface area contributed by atoms with Gasteiger partial charge in [-0.3, -0.25) is 0 Å². The molecule has 0 aliphatic carbocycles. The molecule has 22 heavy (non-hydrogen) atoms. The highest BCUT2D eigenvalue weighted by Crippen LogP contribution is 2.07. The molecule has 1 aromatic rings. The van der Waals surface area contributed by atoms with Crippen LogP contribution in [0.3, 0.4) is 0 Å². The van der Waals surface area contributed by atoms with Crippen LogP contribution in [0.4, 0.5) is 4.79 Å². The maximum absolute atomic E-state index is 11.8. The third kappa shape index (κ3) is 7.08. The summed E-state index contributed by atoms with van der Waals surface area (Å²) in [7, 11) is 1.28. The van der Waals surface area contributed by atoms with Gasteiger partial charge in [-0.1, -0.05) is 30.3 Å². The van der Waals surface area contributed by atoms with Crippen LogP contribution >= 0.6 is 0 Å². The Labute approximate surface area is 131 Å². The van der Waals surface area contributed by atoms with Crippen molar-refractivity contribution >= 4 is 12.1 Å². The molecule has 0 aromatic heterocycles. The van der Waals surface area contributed by atoms with Gasteiger partial charge in [0.15, 0.2) is 0 Å². The van der Waals surface area contributed by atoms with E-state index >= 15 is 0 Å². The van der Waals surface area contributed by atoms with Gasteiger partial charge in [-0.2, -0.15) is 0 Å². The zero-order valence-corrected chi connectivity index (χ0v) is 13.5. The summed E-state index contributed by atoms with van der Waals surface area (Å²) in [5.74, 6) is -0.522. The Morgan fingerprint density at radius 2 is 1.82 bits per heavy atom. The van der Waals surface area contributed by atoms with Crippen LogP contribution in [0.5, 0.6) is 0 Å². The molecule has 0 unspecified atom stereocenters. The van der Waals surface area contributed by atoms with Gasteiger partial charge in [0.05, 0.1) is 7.11 Å². The van der Waals surface area contributed by atoms with Crippen molar-refractivity contribution in [1.82, 2.24) is 10.6 Å². The largest absolute Gasteiger partial charge is 0.467 e. The van der Waals surface area contributed by atoms with Crippen LogP contribution in [0, 0.1) is 0 Å². The maximum Gasteiger partial charge on any atom is 0.408 e. The van der Waals surface area contributed by atoms with E-state index in [9.17, 15) is 9.59 Å². The predicted octanol–water partition coefficient (Wildman–Crippen LogP) is 1.84. The van der Waals surface area contributed by atoms with Gasteiger partial charge >= 0.3 is 12.1 Å². The second-order valence-electron chi connectivity index (χ2n) is 5.84. The lowest BCUT2D eigenvalue weighted by atomic mass is 10.2. The van der Waals surface area contributed by atoms with Crippen molar-refractivity contribution in [2.24, 2.45) is 0 Å². The minimum absolute atomic E-state index is 0.251. The number of esters is 1. The molecule has 6 nitrogen and oxygen atoms in total. The Morgan fingerprint density at radius 1 is 1.18 bits per heavy atom. The Hall–Kier alpha value is -2.08. The first kappa shape index (κ1) is 18.0. The van der Waals surface area contributed by atoms with Gasteiger partial charge in [0.25, 0.3) is 0 Å². The Kier molecular flexibility index (Phi) is 6.85. The summed E-state index contributed by atoms with van der Waals surface area (Å²) < 4.78 is 9.84. The van der Waals surface area contributed by atoms with Crippen LogP contribution in [0.25, 0.3) is 0 Å². The lowest BCUT2D eigenvalue weighted by molar-refractivity contribution is -0.143. The van der Waals surface area contributed by atoms with Gasteiger partial charge in [-0.15, -0.1) is 0 Å². The van der Waals surface area contributed by atoms with Crippen molar-refractivity contribution in [1.29, 1.82) is 0 Å². The highest BCUT2D eigenvalue weighted by atomic mass is 16.6. The molecule has 0 fully saturated rings. The minimum atomic E-state index is -0.802. The molecule has 122 valence electrons. The fourth-order valence-corrected chi connectivity index (χ4v) is 1.74.